The zero-order valence-corrected chi connectivity index (χ0v) is 14.1. The Labute approximate surface area is 132 Å². The molecule has 2 heteroatoms. The zero-order valence-electron chi connectivity index (χ0n) is 14.1. The maximum atomic E-state index is 4.85. The van der Waals surface area contributed by atoms with E-state index in [1.165, 1.54) is 22.2 Å². The molecule has 2 nitrogen and oxygen atoms in total. The molecule has 0 saturated heterocycles. The summed E-state index contributed by atoms with van der Waals surface area (Å²) in [6, 6.07) is 15.2. The number of rotatable bonds is 3. The van der Waals surface area contributed by atoms with Crippen LogP contribution in [0.4, 0.5) is 0 Å². The van der Waals surface area contributed by atoms with Crippen LogP contribution in [0.15, 0.2) is 42.5 Å². The lowest BCUT2D eigenvalue weighted by atomic mass is 9.93. The third kappa shape index (κ3) is 2.54. The summed E-state index contributed by atoms with van der Waals surface area (Å²) >= 11 is 0. The lowest BCUT2D eigenvalue weighted by molar-refractivity contribution is 0.833. The van der Waals surface area contributed by atoms with E-state index in [0.717, 1.165) is 11.3 Å². The first-order valence-electron chi connectivity index (χ1n) is 8.04. The molecule has 0 bridgehead atoms. The number of aromatic nitrogens is 2. The number of imidazole rings is 1. The van der Waals surface area contributed by atoms with E-state index in [1.807, 2.05) is 6.07 Å². The second-order valence-corrected chi connectivity index (χ2v) is 6.68. The maximum Gasteiger partial charge on any atom is 0.140 e. The average molecular weight is 292 g/mol. The van der Waals surface area contributed by atoms with Gasteiger partial charge in [-0.1, -0.05) is 45.9 Å². The van der Waals surface area contributed by atoms with E-state index in [4.69, 9.17) is 4.98 Å². The van der Waals surface area contributed by atoms with Gasteiger partial charge in [0.1, 0.15) is 5.82 Å². The summed E-state index contributed by atoms with van der Waals surface area (Å²) in [4.78, 5) is 4.85. The van der Waals surface area contributed by atoms with E-state index in [9.17, 15) is 0 Å². The van der Waals surface area contributed by atoms with Crippen LogP contribution in [-0.2, 0) is 7.05 Å². The SMILES string of the molecule is CC(C)c1cc(-c2nc3ccccc3n2C)cc(C(C)C)c1. The highest BCUT2D eigenvalue weighted by molar-refractivity contribution is 5.80. The Morgan fingerprint density at radius 3 is 2.00 bits per heavy atom. The van der Waals surface area contributed by atoms with Gasteiger partial charge in [-0.05, 0) is 47.2 Å². The van der Waals surface area contributed by atoms with Crippen LogP contribution >= 0.6 is 0 Å². The van der Waals surface area contributed by atoms with E-state index in [-0.39, 0.29) is 0 Å². The Kier molecular flexibility index (Phi) is 3.78. The number of para-hydroxylation sites is 2. The van der Waals surface area contributed by atoms with Gasteiger partial charge in [-0.25, -0.2) is 4.98 Å². The molecule has 1 aromatic heterocycles. The normalized spacial score (nSPS) is 11.8. The van der Waals surface area contributed by atoms with E-state index in [1.54, 1.807) is 0 Å². The minimum atomic E-state index is 0.520. The molecule has 0 N–H and O–H groups in total. The van der Waals surface area contributed by atoms with Crippen molar-refractivity contribution in [2.24, 2.45) is 7.05 Å². The molecule has 0 saturated carbocycles. The van der Waals surface area contributed by atoms with Crippen molar-refractivity contribution in [3.63, 3.8) is 0 Å². The molecular formula is C20H24N2. The molecule has 0 aliphatic rings. The summed E-state index contributed by atoms with van der Waals surface area (Å²) in [6.45, 7) is 8.99. The highest BCUT2D eigenvalue weighted by Gasteiger charge is 2.13. The Hall–Kier alpha value is -2.09. The van der Waals surface area contributed by atoms with Gasteiger partial charge >= 0.3 is 0 Å². The minimum Gasteiger partial charge on any atom is -0.327 e. The van der Waals surface area contributed by atoms with Gasteiger partial charge in [0.05, 0.1) is 11.0 Å². The van der Waals surface area contributed by atoms with Crippen molar-refractivity contribution >= 4 is 11.0 Å². The van der Waals surface area contributed by atoms with E-state index in [2.05, 4.69) is 75.7 Å². The summed E-state index contributed by atoms with van der Waals surface area (Å²) in [6.07, 6.45) is 0. The summed E-state index contributed by atoms with van der Waals surface area (Å²) < 4.78 is 2.19. The molecular weight excluding hydrogens is 268 g/mol. The number of fused-ring (bicyclic) bond motifs is 1. The predicted octanol–water partition coefficient (Wildman–Crippen LogP) is 5.49. The van der Waals surface area contributed by atoms with Crippen LogP contribution < -0.4 is 0 Å². The summed E-state index contributed by atoms with van der Waals surface area (Å²) in [5, 5.41) is 0. The molecule has 1 heterocycles. The quantitative estimate of drug-likeness (QED) is 0.624. The first kappa shape index (κ1) is 14.8. The van der Waals surface area contributed by atoms with Gasteiger partial charge in [-0.2, -0.15) is 0 Å². The molecule has 0 aliphatic heterocycles. The highest BCUT2D eigenvalue weighted by atomic mass is 15.1. The van der Waals surface area contributed by atoms with Gasteiger partial charge in [0.2, 0.25) is 0 Å². The summed E-state index contributed by atoms with van der Waals surface area (Å²) in [5.74, 6) is 2.09. The third-order valence-electron chi connectivity index (χ3n) is 4.36. The number of aryl methyl sites for hydroxylation is 1. The van der Waals surface area contributed by atoms with Gasteiger partial charge in [-0.15, -0.1) is 0 Å². The van der Waals surface area contributed by atoms with Gasteiger partial charge in [0.15, 0.2) is 0 Å². The molecule has 3 rings (SSSR count). The second kappa shape index (κ2) is 5.60. The summed E-state index contributed by atoms with van der Waals surface area (Å²) in [5.41, 5.74) is 6.22. The standard InChI is InChI=1S/C20H24N2/c1-13(2)15-10-16(14(3)4)12-17(11-15)20-21-18-8-6-7-9-19(18)22(20)5/h6-14H,1-5H3. The maximum absolute atomic E-state index is 4.85. The van der Waals surface area contributed by atoms with Gasteiger partial charge < -0.3 is 4.57 Å². The number of hydrogen-bond donors (Lipinski definition) is 0. The van der Waals surface area contributed by atoms with E-state index in [0.29, 0.717) is 11.8 Å². The molecule has 0 radical (unpaired) electrons. The van der Waals surface area contributed by atoms with Crippen LogP contribution in [0.3, 0.4) is 0 Å². The second-order valence-electron chi connectivity index (χ2n) is 6.68. The molecule has 0 spiro atoms. The molecule has 3 aromatic rings. The van der Waals surface area contributed by atoms with Crippen molar-refractivity contribution < 1.29 is 0 Å². The number of nitrogens with zero attached hydrogens (tertiary/aromatic N) is 2. The Morgan fingerprint density at radius 2 is 1.45 bits per heavy atom. The Morgan fingerprint density at radius 1 is 0.864 bits per heavy atom. The first-order valence-corrected chi connectivity index (χ1v) is 8.04. The molecule has 22 heavy (non-hydrogen) atoms. The third-order valence-corrected chi connectivity index (χ3v) is 4.36. The fourth-order valence-corrected chi connectivity index (χ4v) is 2.88. The monoisotopic (exact) mass is 292 g/mol. The largest absolute Gasteiger partial charge is 0.327 e. The average Bonchev–Trinajstić information content (AvgIpc) is 2.84. The van der Waals surface area contributed by atoms with Crippen molar-refractivity contribution in [3.8, 4) is 11.4 Å². The molecule has 0 atom stereocenters. The fraction of sp³-hybridized carbons (Fsp3) is 0.350. The van der Waals surface area contributed by atoms with Crippen LogP contribution in [0, 0.1) is 0 Å². The van der Waals surface area contributed by atoms with Crippen molar-refractivity contribution in [2.75, 3.05) is 0 Å². The summed E-state index contributed by atoms with van der Waals surface area (Å²) in [7, 11) is 2.10. The highest BCUT2D eigenvalue weighted by Crippen LogP contribution is 2.30. The molecule has 114 valence electrons. The van der Waals surface area contributed by atoms with Crippen LogP contribution in [-0.4, -0.2) is 9.55 Å². The van der Waals surface area contributed by atoms with Crippen molar-refractivity contribution in [2.45, 2.75) is 39.5 Å². The smallest absolute Gasteiger partial charge is 0.140 e. The van der Waals surface area contributed by atoms with Gasteiger partial charge in [0, 0.05) is 12.6 Å². The van der Waals surface area contributed by atoms with Gasteiger partial charge in [-0.3, -0.25) is 0 Å². The number of benzene rings is 2. The van der Waals surface area contributed by atoms with Crippen LogP contribution in [0.1, 0.15) is 50.7 Å². The number of hydrogen-bond acceptors (Lipinski definition) is 1. The molecule has 0 aliphatic carbocycles. The van der Waals surface area contributed by atoms with Crippen molar-refractivity contribution in [3.05, 3.63) is 53.6 Å². The van der Waals surface area contributed by atoms with Crippen molar-refractivity contribution in [1.82, 2.24) is 9.55 Å². The Bertz CT molecular complexity index is 783. The molecule has 0 unspecified atom stereocenters. The zero-order chi connectivity index (χ0) is 15.9. The lowest BCUT2D eigenvalue weighted by Gasteiger charge is -2.14. The van der Waals surface area contributed by atoms with Crippen molar-refractivity contribution in [1.29, 1.82) is 0 Å². The topological polar surface area (TPSA) is 17.8 Å². The van der Waals surface area contributed by atoms with Crippen LogP contribution in [0.5, 0.6) is 0 Å². The molecule has 0 fully saturated rings. The lowest BCUT2D eigenvalue weighted by Crippen LogP contribution is -1.98. The van der Waals surface area contributed by atoms with Crippen LogP contribution in [0.2, 0.25) is 0 Å². The minimum absolute atomic E-state index is 0.520. The fourth-order valence-electron chi connectivity index (χ4n) is 2.88. The Balaban J connectivity index is 2.23. The van der Waals surface area contributed by atoms with E-state index >= 15 is 0 Å². The molecule has 0 amide bonds. The van der Waals surface area contributed by atoms with Gasteiger partial charge in [0.25, 0.3) is 0 Å². The predicted molar refractivity (Wildman–Crippen MR) is 94.3 cm³/mol. The molecule has 2 aromatic carbocycles. The van der Waals surface area contributed by atoms with Crippen LogP contribution in [0.25, 0.3) is 22.4 Å². The van der Waals surface area contributed by atoms with E-state index < -0.39 is 0 Å². The first-order chi connectivity index (χ1) is 10.5.